The molecular formula is C13H9F4N3O3. The lowest BCUT2D eigenvalue weighted by atomic mass is 10.2. The first kappa shape index (κ1) is 16.5. The van der Waals surface area contributed by atoms with E-state index in [1.54, 1.807) is 0 Å². The summed E-state index contributed by atoms with van der Waals surface area (Å²) in [7, 11) is 2.24. The van der Waals surface area contributed by atoms with Gasteiger partial charge in [0.1, 0.15) is 11.3 Å². The highest BCUT2D eigenvalue weighted by molar-refractivity contribution is 5.84. The molecule has 0 aliphatic rings. The maximum atomic E-state index is 13.5. The molecule has 122 valence electrons. The van der Waals surface area contributed by atoms with Crippen LogP contribution in [0.3, 0.4) is 0 Å². The molecule has 0 aliphatic carbocycles. The Kier molecular flexibility index (Phi) is 4.08. The van der Waals surface area contributed by atoms with Gasteiger partial charge in [0, 0.05) is 26.4 Å². The monoisotopic (exact) mass is 331 g/mol. The van der Waals surface area contributed by atoms with Gasteiger partial charge in [-0.15, -0.1) is 0 Å². The highest BCUT2D eigenvalue weighted by Gasteiger charge is 2.19. The summed E-state index contributed by atoms with van der Waals surface area (Å²) in [5.74, 6) is -7.69. The molecule has 0 aliphatic heterocycles. The average Bonchev–Trinajstić information content (AvgIpc) is 2.52. The standard InChI is InChI=1S/C13H9F4N3O3/c1-19-11(21)5(12(22)20(2)13(19)23)4-18-10-8(16)6(14)3-7(15)9(10)17/h3-4,21H,1-2H3. The third-order valence-electron chi connectivity index (χ3n) is 3.08. The third kappa shape index (κ3) is 2.62. The van der Waals surface area contributed by atoms with Gasteiger partial charge in [-0.25, -0.2) is 27.3 Å². The van der Waals surface area contributed by atoms with E-state index < -0.39 is 51.6 Å². The lowest BCUT2D eigenvalue weighted by molar-refractivity contribution is 0.410. The first-order valence-electron chi connectivity index (χ1n) is 6.02. The first-order chi connectivity index (χ1) is 10.7. The molecule has 1 N–H and O–H groups in total. The summed E-state index contributed by atoms with van der Waals surface area (Å²) < 4.78 is 54.4. The predicted octanol–water partition coefficient (Wildman–Crippen LogP) is 1.10. The van der Waals surface area contributed by atoms with Gasteiger partial charge in [-0.05, 0) is 0 Å². The normalized spacial score (nSPS) is 11.4. The van der Waals surface area contributed by atoms with E-state index in [4.69, 9.17) is 0 Å². The minimum atomic E-state index is -1.76. The number of halogens is 4. The minimum Gasteiger partial charge on any atom is -0.494 e. The summed E-state index contributed by atoms with van der Waals surface area (Å²) >= 11 is 0. The molecule has 0 spiro atoms. The zero-order chi connectivity index (χ0) is 17.5. The number of aliphatic imine (C=N–C) groups is 1. The van der Waals surface area contributed by atoms with E-state index in [0.29, 0.717) is 15.3 Å². The lowest BCUT2D eigenvalue weighted by Gasteiger charge is -2.07. The highest BCUT2D eigenvalue weighted by Crippen LogP contribution is 2.26. The smallest absolute Gasteiger partial charge is 0.333 e. The summed E-state index contributed by atoms with van der Waals surface area (Å²) in [6.45, 7) is 0. The van der Waals surface area contributed by atoms with E-state index in [2.05, 4.69) is 4.99 Å². The Hall–Kier alpha value is -2.91. The zero-order valence-corrected chi connectivity index (χ0v) is 11.8. The number of nitrogens with zero attached hydrogens (tertiary/aromatic N) is 3. The van der Waals surface area contributed by atoms with Crippen LogP contribution in [-0.4, -0.2) is 20.5 Å². The van der Waals surface area contributed by atoms with E-state index in [-0.39, 0.29) is 6.07 Å². The third-order valence-corrected chi connectivity index (χ3v) is 3.08. The number of hydrogen-bond donors (Lipinski definition) is 1. The Morgan fingerprint density at radius 3 is 2.09 bits per heavy atom. The van der Waals surface area contributed by atoms with Crippen molar-refractivity contribution in [3.05, 3.63) is 55.7 Å². The number of rotatable bonds is 2. The van der Waals surface area contributed by atoms with Gasteiger partial charge in [-0.2, -0.15) is 0 Å². The van der Waals surface area contributed by atoms with Crippen molar-refractivity contribution in [3.63, 3.8) is 0 Å². The van der Waals surface area contributed by atoms with Gasteiger partial charge in [-0.3, -0.25) is 13.9 Å². The van der Waals surface area contributed by atoms with Crippen LogP contribution >= 0.6 is 0 Å². The first-order valence-corrected chi connectivity index (χ1v) is 6.02. The van der Waals surface area contributed by atoms with Crippen LogP contribution in [0.4, 0.5) is 23.2 Å². The Balaban J connectivity index is 2.69. The van der Waals surface area contributed by atoms with Gasteiger partial charge in [-0.1, -0.05) is 0 Å². The molecule has 0 radical (unpaired) electrons. The van der Waals surface area contributed by atoms with Crippen molar-refractivity contribution in [3.8, 4) is 5.88 Å². The van der Waals surface area contributed by atoms with Crippen molar-refractivity contribution in [1.82, 2.24) is 9.13 Å². The van der Waals surface area contributed by atoms with Crippen molar-refractivity contribution < 1.29 is 22.7 Å². The van der Waals surface area contributed by atoms with E-state index in [9.17, 15) is 32.3 Å². The fourth-order valence-electron chi connectivity index (χ4n) is 1.78. The van der Waals surface area contributed by atoms with E-state index >= 15 is 0 Å². The Morgan fingerprint density at radius 2 is 1.57 bits per heavy atom. The van der Waals surface area contributed by atoms with E-state index in [1.807, 2.05) is 0 Å². The van der Waals surface area contributed by atoms with Crippen LogP contribution in [0.2, 0.25) is 0 Å². The molecule has 1 aromatic carbocycles. The fraction of sp³-hybridized carbons (Fsp3) is 0.154. The maximum Gasteiger partial charge on any atom is 0.333 e. The molecule has 0 saturated heterocycles. The molecule has 1 aromatic heterocycles. The van der Waals surface area contributed by atoms with Crippen LogP contribution < -0.4 is 11.2 Å². The molecule has 23 heavy (non-hydrogen) atoms. The predicted molar refractivity (Wildman–Crippen MR) is 72.1 cm³/mol. The second-order valence-corrected chi connectivity index (χ2v) is 4.52. The molecule has 0 bridgehead atoms. The summed E-state index contributed by atoms with van der Waals surface area (Å²) in [5, 5.41) is 9.73. The van der Waals surface area contributed by atoms with Crippen molar-refractivity contribution in [2.75, 3.05) is 0 Å². The molecule has 0 atom stereocenters. The SMILES string of the molecule is Cn1c(O)c(C=Nc2c(F)c(F)cc(F)c2F)c(=O)n(C)c1=O. The summed E-state index contributed by atoms with van der Waals surface area (Å²) in [6, 6.07) is 0.00636. The van der Waals surface area contributed by atoms with Crippen molar-refractivity contribution in [1.29, 1.82) is 0 Å². The molecule has 2 rings (SSSR count). The number of aromatic hydroxyl groups is 1. The zero-order valence-electron chi connectivity index (χ0n) is 11.8. The van der Waals surface area contributed by atoms with Crippen molar-refractivity contribution in [2.24, 2.45) is 19.1 Å². The van der Waals surface area contributed by atoms with Gasteiger partial charge in [0.05, 0.1) is 0 Å². The molecule has 1 heterocycles. The highest BCUT2D eigenvalue weighted by atomic mass is 19.2. The van der Waals surface area contributed by atoms with Gasteiger partial charge in [0.2, 0.25) is 5.88 Å². The molecule has 6 nitrogen and oxygen atoms in total. The van der Waals surface area contributed by atoms with Gasteiger partial charge in [0.25, 0.3) is 5.56 Å². The van der Waals surface area contributed by atoms with Crippen LogP contribution in [0.25, 0.3) is 0 Å². The van der Waals surface area contributed by atoms with E-state index in [1.165, 1.54) is 0 Å². The topological polar surface area (TPSA) is 76.6 Å². The Morgan fingerprint density at radius 1 is 1.04 bits per heavy atom. The van der Waals surface area contributed by atoms with Crippen LogP contribution in [0.15, 0.2) is 20.6 Å². The average molecular weight is 331 g/mol. The Bertz CT molecular complexity index is 921. The van der Waals surface area contributed by atoms with Gasteiger partial charge in [0.15, 0.2) is 23.3 Å². The molecule has 0 unspecified atom stereocenters. The molecule has 2 aromatic rings. The number of benzene rings is 1. The summed E-state index contributed by atoms with van der Waals surface area (Å²) in [4.78, 5) is 26.6. The Labute approximate surface area is 125 Å². The number of hydrogen-bond acceptors (Lipinski definition) is 4. The van der Waals surface area contributed by atoms with Crippen LogP contribution in [0, 0.1) is 23.3 Å². The van der Waals surface area contributed by atoms with Crippen LogP contribution in [-0.2, 0) is 14.1 Å². The quantitative estimate of drug-likeness (QED) is 0.509. The lowest BCUT2D eigenvalue weighted by Crippen LogP contribution is -2.38. The van der Waals surface area contributed by atoms with Gasteiger partial charge < -0.3 is 5.11 Å². The second-order valence-electron chi connectivity index (χ2n) is 4.52. The molecule has 0 saturated carbocycles. The largest absolute Gasteiger partial charge is 0.494 e. The molecule has 0 amide bonds. The molecular weight excluding hydrogens is 322 g/mol. The molecule has 10 heteroatoms. The minimum absolute atomic E-state index is 0.00636. The second kappa shape index (κ2) is 5.71. The summed E-state index contributed by atoms with van der Waals surface area (Å²) in [6.07, 6.45) is 0.511. The molecule has 0 fully saturated rings. The van der Waals surface area contributed by atoms with E-state index in [0.717, 1.165) is 14.1 Å². The van der Waals surface area contributed by atoms with Crippen molar-refractivity contribution in [2.45, 2.75) is 0 Å². The van der Waals surface area contributed by atoms with Crippen LogP contribution in [0.5, 0.6) is 5.88 Å². The number of aromatic nitrogens is 2. The van der Waals surface area contributed by atoms with Crippen molar-refractivity contribution >= 4 is 11.9 Å². The van der Waals surface area contributed by atoms with Crippen LogP contribution in [0.1, 0.15) is 5.56 Å². The maximum absolute atomic E-state index is 13.5. The summed E-state index contributed by atoms with van der Waals surface area (Å²) in [5.41, 5.74) is -3.75. The fourth-order valence-corrected chi connectivity index (χ4v) is 1.78. The van der Waals surface area contributed by atoms with Gasteiger partial charge >= 0.3 is 5.69 Å².